The smallest absolute Gasteiger partial charge is 0.172 e. The first-order valence-electron chi connectivity index (χ1n) is 11.3. The Labute approximate surface area is 190 Å². The van der Waals surface area contributed by atoms with Crippen LogP contribution >= 0.6 is 0 Å². The standard InChI is InChI=1S/C28H31N3O/c1-27(2,3)20-11-7-18(8-12-20)15-22-16-29-26-24-23(17-31(22)26)25(32-30-24)19-9-13-21(14-10-19)28(4,5)6/h7-14,16H,15,17H2,1-6H3. The van der Waals surface area contributed by atoms with E-state index in [1.165, 1.54) is 22.4 Å². The highest BCUT2D eigenvalue weighted by molar-refractivity contribution is 5.72. The second-order valence-corrected chi connectivity index (χ2v) is 10.9. The molecule has 0 amide bonds. The van der Waals surface area contributed by atoms with Crippen molar-refractivity contribution in [2.24, 2.45) is 0 Å². The summed E-state index contributed by atoms with van der Waals surface area (Å²) in [6.07, 6.45) is 2.83. The maximum Gasteiger partial charge on any atom is 0.172 e. The normalized spacial score (nSPS) is 13.3. The Balaban J connectivity index is 1.40. The van der Waals surface area contributed by atoms with Crippen molar-refractivity contribution in [3.8, 4) is 22.8 Å². The van der Waals surface area contributed by atoms with Gasteiger partial charge in [-0.2, -0.15) is 0 Å². The number of aromatic nitrogens is 3. The Bertz CT molecular complexity index is 1260. The van der Waals surface area contributed by atoms with Crippen LogP contribution in [0, 0.1) is 0 Å². The number of fused-ring (bicyclic) bond motifs is 3. The van der Waals surface area contributed by atoms with Crippen LogP contribution in [0.2, 0.25) is 0 Å². The highest BCUT2D eigenvalue weighted by Crippen LogP contribution is 2.39. The van der Waals surface area contributed by atoms with Gasteiger partial charge in [0.2, 0.25) is 0 Å². The van der Waals surface area contributed by atoms with Gasteiger partial charge in [-0.05, 0) is 27.5 Å². The van der Waals surface area contributed by atoms with Crippen LogP contribution in [0.4, 0.5) is 0 Å². The van der Waals surface area contributed by atoms with Gasteiger partial charge in [-0.3, -0.25) is 0 Å². The number of benzene rings is 2. The molecule has 2 aromatic heterocycles. The highest BCUT2D eigenvalue weighted by atomic mass is 16.5. The first-order valence-corrected chi connectivity index (χ1v) is 11.3. The summed E-state index contributed by atoms with van der Waals surface area (Å²) in [5, 5.41) is 4.39. The van der Waals surface area contributed by atoms with E-state index < -0.39 is 0 Å². The van der Waals surface area contributed by atoms with Crippen LogP contribution in [0.5, 0.6) is 0 Å². The van der Waals surface area contributed by atoms with E-state index in [1.807, 2.05) is 6.20 Å². The molecule has 0 radical (unpaired) electrons. The van der Waals surface area contributed by atoms with Gasteiger partial charge in [-0.25, -0.2) is 4.98 Å². The summed E-state index contributed by atoms with van der Waals surface area (Å²) in [4.78, 5) is 4.68. The van der Waals surface area contributed by atoms with Crippen LogP contribution in [0.15, 0.2) is 59.3 Å². The van der Waals surface area contributed by atoms with E-state index in [4.69, 9.17) is 4.52 Å². The molecule has 4 heteroatoms. The molecule has 4 nitrogen and oxygen atoms in total. The number of rotatable bonds is 3. The molecule has 164 valence electrons. The molecule has 4 aromatic rings. The molecule has 0 bridgehead atoms. The second-order valence-electron chi connectivity index (χ2n) is 10.9. The van der Waals surface area contributed by atoms with E-state index in [9.17, 15) is 0 Å². The van der Waals surface area contributed by atoms with E-state index in [0.29, 0.717) is 0 Å². The van der Waals surface area contributed by atoms with Gasteiger partial charge in [0, 0.05) is 23.9 Å². The minimum atomic E-state index is 0.129. The zero-order valence-corrected chi connectivity index (χ0v) is 19.9. The van der Waals surface area contributed by atoms with Crippen LogP contribution in [0.3, 0.4) is 0 Å². The maximum atomic E-state index is 5.78. The lowest BCUT2D eigenvalue weighted by Gasteiger charge is -2.19. The van der Waals surface area contributed by atoms with Crippen molar-refractivity contribution in [1.29, 1.82) is 0 Å². The number of nitrogens with zero attached hydrogens (tertiary/aromatic N) is 3. The van der Waals surface area contributed by atoms with Gasteiger partial charge in [-0.15, -0.1) is 0 Å². The van der Waals surface area contributed by atoms with Gasteiger partial charge < -0.3 is 9.09 Å². The lowest BCUT2D eigenvalue weighted by atomic mass is 9.86. The molecule has 0 N–H and O–H groups in total. The monoisotopic (exact) mass is 425 g/mol. The third kappa shape index (κ3) is 3.58. The molecule has 0 atom stereocenters. The van der Waals surface area contributed by atoms with Crippen molar-refractivity contribution < 1.29 is 4.52 Å². The highest BCUT2D eigenvalue weighted by Gasteiger charge is 2.30. The fourth-order valence-electron chi connectivity index (χ4n) is 4.39. The van der Waals surface area contributed by atoms with E-state index in [1.54, 1.807) is 0 Å². The van der Waals surface area contributed by atoms with Crippen LogP contribution in [0.1, 0.15) is 69.5 Å². The summed E-state index contributed by atoms with van der Waals surface area (Å²) in [5.41, 5.74) is 8.52. The van der Waals surface area contributed by atoms with E-state index in [2.05, 4.69) is 105 Å². The van der Waals surface area contributed by atoms with Gasteiger partial charge in [0.1, 0.15) is 0 Å². The number of hydrogen-bond donors (Lipinski definition) is 0. The Morgan fingerprint density at radius 2 is 1.44 bits per heavy atom. The van der Waals surface area contributed by atoms with Crippen LogP contribution in [0.25, 0.3) is 22.8 Å². The van der Waals surface area contributed by atoms with Crippen molar-refractivity contribution in [2.75, 3.05) is 0 Å². The summed E-state index contributed by atoms with van der Waals surface area (Å²) in [7, 11) is 0. The summed E-state index contributed by atoms with van der Waals surface area (Å²) >= 11 is 0. The molecule has 3 heterocycles. The van der Waals surface area contributed by atoms with E-state index in [0.717, 1.165) is 41.4 Å². The third-order valence-electron chi connectivity index (χ3n) is 6.47. The average Bonchev–Trinajstić information content (AvgIpc) is 3.40. The molecule has 1 aliphatic rings. The Hall–Kier alpha value is -3.14. The average molecular weight is 426 g/mol. The topological polar surface area (TPSA) is 43.9 Å². The van der Waals surface area contributed by atoms with Crippen molar-refractivity contribution in [3.05, 3.63) is 82.7 Å². The van der Waals surface area contributed by atoms with E-state index in [-0.39, 0.29) is 10.8 Å². The summed E-state index contributed by atoms with van der Waals surface area (Å²) < 4.78 is 8.05. The molecular formula is C28H31N3O. The second kappa shape index (κ2) is 7.19. The summed E-state index contributed by atoms with van der Waals surface area (Å²) in [5.74, 6) is 1.76. The fraction of sp³-hybridized carbons (Fsp3) is 0.357. The van der Waals surface area contributed by atoms with Gasteiger partial charge in [-0.1, -0.05) is 95.2 Å². The largest absolute Gasteiger partial charge is 0.355 e. The molecule has 1 aliphatic heterocycles. The molecule has 0 spiro atoms. The molecule has 5 rings (SSSR count). The fourth-order valence-corrected chi connectivity index (χ4v) is 4.39. The first-order chi connectivity index (χ1) is 15.1. The molecule has 0 saturated heterocycles. The predicted octanol–water partition coefficient (Wildman–Crippen LogP) is 6.75. The van der Waals surface area contributed by atoms with Gasteiger partial charge in [0.25, 0.3) is 0 Å². The molecule has 0 fully saturated rings. The SMILES string of the molecule is CC(C)(C)c1ccc(Cc2cnc3n2Cc2c-3noc2-c2ccc(C(C)(C)C)cc2)cc1. The van der Waals surface area contributed by atoms with Crippen molar-refractivity contribution >= 4 is 0 Å². The zero-order chi connectivity index (χ0) is 22.7. The quantitative estimate of drug-likeness (QED) is 0.321. The summed E-state index contributed by atoms with van der Waals surface area (Å²) in [6, 6.07) is 17.6. The maximum absolute atomic E-state index is 5.78. The van der Waals surface area contributed by atoms with E-state index >= 15 is 0 Å². The Kier molecular flexibility index (Phi) is 4.66. The van der Waals surface area contributed by atoms with Crippen molar-refractivity contribution in [3.63, 3.8) is 0 Å². The van der Waals surface area contributed by atoms with Gasteiger partial charge in [0.15, 0.2) is 17.3 Å². The molecule has 0 saturated carbocycles. The third-order valence-corrected chi connectivity index (χ3v) is 6.47. The minimum absolute atomic E-state index is 0.129. The lowest BCUT2D eigenvalue weighted by Crippen LogP contribution is -2.10. The van der Waals surface area contributed by atoms with Crippen molar-refractivity contribution in [1.82, 2.24) is 14.7 Å². The molecule has 32 heavy (non-hydrogen) atoms. The lowest BCUT2D eigenvalue weighted by molar-refractivity contribution is 0.431. The number of hydrogen-bond acceptors (Lipinski definition) is 3. The van der Waals surface area contributed by atoms with Gasteiger partial charge >= 0.3 is 0 Å². The molecule has 0 unspecified atom stereocenters. The van der Waals surface area contributed by atoms with Crippen LogP contribution < -0.4 is 0 Å². The van der Waals surface area contributed by atoms with Crippen LogP contribution in [-0.4, -0.2) is 14.7 Å². The molecular weight excluding hydrogens is 394 g/mol. The van der Waals surface area contributed by atoms with Gasteiger partial charge in [0.05, 0.1) is 12.1 Å². The Morgan fingerprint density at radius 1 is 0.844 bits per heavy atom. The minimum Gasteiger partial charge on any atom is -0.355 e. The zero-order valence-electron chi connectivity index (χ0n) is 19.9. The first kappa shape index (κ1) is 20.7. The number of imidazole rings is 1. The molecule has 2 aromatic carbocycles. The van der Waals surface area contributed by atoms with Crippen LogP contribution in [-0.2, 0) is 23.8 Å². The Morgan fingerprint density at radius 3 is 2.03 bits per heavy atom. The molecule has 0 aliphatic carbocycles. The predicted molar refractivity (Wildman–Crippen MR) is 129 cm³/mol. The summed E-state index contributed by atoms with van der Waals surface area (Å²) in [6.45, 7) is 14.2. The van der Waals surface area contributed by atoms with Crippen molar-refractivity contribution in [2.45, 2.75) is 65.3 Å².